The van der Waals surface area contributed by atoms with E-state index in [9.17, 15) is 0 Å². The van der Waals surface area contributed by atoms with Gasteiger partial charge >= 0.3 is 0 Å². The summed E-state index contributed by atoms with van der Waals surface area (Å²) in [5.74, 6) is 0. The van der Waals surface area contributed by atoms with Gasteiger partial charge in [-0.3, -0.25) is 0 Å². The molecular weight excluding hydrogens is 272 g/mol. The van der Waals surface area contributed by atoms with Crippen LogP contribution in [0.5, 0.6) is 0 Å². The molecule has 102 valence electrons. The molecule has 1 atom stereocenters. The molecule has 1 aliphatic rings. The van der Waals surface area contributed by atoms with E-state index in [0.717, 1.165) is 6.42 Å². The van der Waals surface area contributed by atoms with E-state index in [1.54, 1.807) is 0 Å². The van der Waals surface area contributed by atoms with Crippen molar-refractivity contribution in [2.24, 2.45) is 0 Å². The molecular formula is C15H20N2S2. The molecule has 2 aromatic rings. The van der Waals surface area contributed by atoms with E-state index < -0.39 is 0 Å². The maximum absolute atomic E-state index is 4.90. The van der Waals surface area contributed by atoms with E-state index >= 15 is 0 Å². The van der Waals surface area contributed by atoms with Gasteiger partial charge in [0.15, 0.2) is 0 Å². The third kappa shape index (κ3) is 2.62. The van der Waals surface area contributed by atoms with Crippen LogP contribution in [0.15, 0.2) is 12.1 Å². The van der Waals surface area contributed by atoms with Gasteiger partial charge in [-0.25, -0.2) is 4.98 Å². The minimum atomic E-state index is 0.279. The number of nitrogens with zero attached hydrogens (tertiary/aromatic N) is 1. The van der Waals surface area contributed by atoms with E-state index in [1.165, 1.54) is 51.0 Å². The average Bonchev–Trinajstić information content (AvgIpc) is 3.05. The topological polar surface area (TPSA) is 24.9 Å². The molecule has 0 spiro atoms. The third-order valence-corrected chi connectivity index (χ3v) is 6.23. The number of hydrogen-bond donors (Lipinski definition) is 1. The highest BCUT2D eigenvalue weighted by atomic mass is 32.1. The summed E-state index contributed by atoms with van der Waals surface area (Å²) in [5, 5.41) is 4.69. The highest BCUT2D eigenvalue weighted by Crippen LogP contribution is 2.34. The summed E-state index contributed by atoms with van der Waals surface area (Å²) in [5.41, 5.74) is 1.36. The van der Waals surface area contributed by atoms with E-state index in [-0.39, 0.29) is 6.04 Å². The van der Waals surface area contributed by atoms with Crippen LogP contribution in [-0.2, 0) is 19.3 Å². The van der Waals surface area contributed by atoms with Crippen molar-refractivity contribution in [2.75, 3.05) is 7.05 Å². The van der Waals surface area contributed by atoms with Crippen LogP contribution in [-0.4, -0.2) is 12.0 Å². The predicted molar refractivity (Wildman–Crippen MR) is 83.4 cm³/mol. The molecule has 2 aromatic heterocycles. The predicted octanol–water partition coefficient (Wildman–Crippen LogP) is 3.95. The third-order valence-electron chi connectivity index (χ3n) is 3.71. The summed E-state index contributed by atoms with van der Waals surface area (Å²) in [4.78, 5) is 9.27. The number of hydrogen-bond acceptors (Lipinski definition) is 4. The zero-order valence-electron chi connectivity index (χ0n) is 11.5. The summed E-state index contributed by atoms with van der Waals surface area (Å²) < 4.78 is 0. The van der Waals surface area contributed by atoms with Crippen molar-refractivity contribution in [3.63, 3.8) is 0 Å². The summed E-state index contributed by atoms with van der Waals surface area (Å²) >= 11 is 3.82. The van der Waals surface area contributed by atoms with E-state index in [2.05, 4.69) is 24.4 Å². The van der Waals surface area contributed by atoms with Crippen molar-refractivity contribution < 1.29 is 0 Å². The lowest BCUT2D eigenvalue weighted by atomic mass is 10.0. The monoisotopic (exact) mass is 292 g/mol. The number of thiazole rings is 1. The molecule has 0 saturated carbocycles. The molecule has 1 N–H and O–H groups in total. The lowest BCUT2D eigenvalue weighted by Gasteiger charge is -2.10. The van der Waals surface area contributed by atoms with Gasteiger partial charge in [-0.2, -0.15) is 0 Å². The van der Waals surface area contributed by atoms with Crippen LogP contribution >= 0.6 is 22.7 Å². The number of aryl methyl sites for hydroxylation is 3. The molecule has 2 heterocycles. The minimum Gasteiger partial charge on any atom is -0.307 e. The van der Waals surface area contributed by atoms with Gasteiger partial charge in [-0.15, -0.1) is 22.7 Å². The second-order valence-electron chi connectivity index (χ2n) is 5.01. The molecule has 4 heteroatoms. The van der Waals surface area contributed by atoms with Crippen molar-refractivity contribution in [3.05, 3.63) is 37.5 Å². The average molecular weight is 292 g/mol. The first-order valence-corrected chi connectivity index (χ1v) is 8.69. The van der Waals surface area contributed by atoms with Crippen molar-refractivity contribution in [3.8, 4) is 0 Å². The van der Waals surface area contributed by atoms with E-state index in [0.29, 0.717) is 0 Å². The van der Waals surface area contributed by atoms with Gasteiger partial charge in [0.05, 0.1) is 11.7 Å². The lowest BCUT2D eigenvalue weighted by molar-refractivity contribution is 0.666. The fourth-order valence-electron chi connectivity index (χ4n) is 2.62. The molecule has 1 aliphatic carbocycles. The molecule has 0 bridgehead atoms. The van der Waals surface area contributed by atoms with E-state index in [1.807, 2.05) is 29.7 Å². The molecule has 19 heavy (non-hydrogen) atoms. The number of nitrogens with one attached hydrogen (secondary N) is 1. The van der Waals surface area contributed by atoms with Gasteiger partial charge in [0, 0.05) is 14.6 Å². The van der Waals surface area contributed by atoms with Crippen LogP contribution in [0, 0.1) is 0 Å². The Morgan fingerprint density at radius 1 is 1.26 bits per heavy atom. The number of aromatic nitrogens is 1. The number of thiophene rings is 1. The van der Waals surface area contributed by atoms with Crippen molar-refractivity contribution in [2.45, 2.75) is 45.1 Å². The smallest absolute Gasteiger partial charge is 0.115 e. The van der Waals surface area contributed by atoms with Crippen LogP contribution in [0.4, 0.5) is 0 Å². The van der Waals surface area contributed by atoms with Crippen LogP contribution in [0.25, 0.3) is 0 Å². The largest absolute Gasteiger partial charge is 0.307 e. The van der Waals surface area contributed by atoms with Gasteiger partial charge in [0.25, 0.3) is 0 Å². The van der Waals surface area contributed by atoms with Gasteiger partial charge in [0.2, 0.25) is 0 Å². The Bertz CT molecular complexity index is 533. The molecule has 0 saturated heterocycles. The van der Waals surface area contributed by atoms with Crippen molar-refractivity contribution in [1.29, 1.82) is 0 Å². The highest BCUT2D eigenvalue weighted by molar-refractivity contribution is 7.13. The first kappa shape index (κ1) is 13.3. The number of rotatable bonds is 4. The maximum atomic E-state index is 4.90. The first-order chi connectivity index (χ1) is 9.31. The van der Waals surface area contributed by atoms with Crippen LogP contribution in [0.3, 0.4) is 0 Å². The second-order valence-corrected chi connectivity index (χ2v) is 7.32. The second kappa shape index (κ2) is 5.73. The molecule has 1 unspecified atom stereocenters. The Kier molecular flexibility index (Phi) is 4.01. The molecule has 0 aliphatic heterocycles. The Morgan fingerprint density at radius 3 is 2.79 bits per heavy atom. The van der Waals surface area contributed by atoms with E-state index in [4.69, 9.17) is 4.98 Å². The van der Waals surface area contributed by atoms with Crippen molar-refractivity contribution in [1.82, 2.24) is 10.3 Å². The molecule has 2 nitrogen and oxygen atoms in total. The fourth-order valence-corrected chi connectivity index (χ4v) is 5.05. The fraction of sp³-hybridized carbons (Fsp3) is 0.533. The molecule has 0 amide bonds. The summed E-state index contributed by atoms with van der Waals surface area (Å²) in [6, 6.07) is 4.78. The number of fused-ring (bicyclic) bond motifs is 1. The summed E-state index contributed by atoms with van der Waals surface area (Å²) in [6.07, 6.45) is 6.16. The quantitative estimate of drug-likeness (QED) is 0.923. The maximum Gasteiger partial charge on any atom is 0.115 e. The van der Waals surface area contributed by atoms with Gasteiger partial charge < -0.3 is 5.32 Å². The Hall–Kier alpha value is -0.710. The van der Waals surface area contributed by atoms with Gasteiger partial charge in [-0.1, -0.05) is 6.92 Å². The lowest BCUT2D eigenvalue weighted by Crippen LogP contribution is -2.16. The van der Waals surface area contributed by atoms with Gasteiger partial charge in [0.1, 0.15) is 5.01 Å². The molecule has 0 radical (unpaired) electrons. The minimum absolute atomic E-state index is 0.279. The van der Waals surface area contributed by atoms with Crippen LogP contribution in [0.2, 0.25) is 0 Å². The Morgan fingerprint density at radius 2 is 2.11 bits per heavy atom. The normalized spacial score (nSPS) is 16.3. The Balaban J connectivity index is 1.91. The van der Waals surface area contributed by atoms with Crippen LogP contribution in [0.1, 0.15) is 51.1 Å². The molecule has 0 fully saturated rings. The summed E-state index contributed by atoms with van der Waals surface area (Å²) in [7, 11) is 2.04. The highest BCUT2D eigenvalue weighted by Gasteiger charge is 2.22. The standard InChI is InChI=1S/C15H20N2S2/c1-3-10-8-9-13(18-10)14(16-2)15-17-11-6-4-5-7-12(11)19-15/h8-9,14,16H,3-7H2,1-2H3. The molecule has 3 rings (SSSR count). The summed E-state index contributed by atoms with van der Waals surface area (Å²) in [6.45, 7) is 2.21. The van der Waals surface area contributed by atoms with Crippen LogP contribution < -0.4 is 5.32 Å². The first-order valence-electron chi connectivity index (χ1n) is 7.06. The van der Waals surface area contributed by atoms with Crippen molar-refractivity contribution >= 4 is 22.7 Å². The zero-order chi connectivity index (χ0) is 13.2. The zero-order valence-corrected chi connectivity index (χ0v) is 13.2. The SMILES string of the molecule is CCc1ccc(C(NC)c2nc3c(s2)CCCC3)s1. The Labute approximate surface area is 122 Å². The van der Waals surface area contributed by atoms with Gasteiger partial charge in [-0.05, 0) is 51.3 Å². The molecule has 0 aromatic carbocycles.